The Morgan fingerprint density at radius 3 is 1.10 bits per heavy atom. The van der Waals surface area contributed by atoms with E-state index in [1.54, 1.807) is 0 Å². The van der Waals surface area contributed by atoms with Crippen LogP contribution in [0.5, 0.6) is 0 Å². The molecule has 0 aliphatic heterocycles. The second-order valence-corrected chi connectivity index (χ2v) is 17.1. The first kappa shape index (κ1) is 57.4. The maximum Gasteiger partial charge on any atom is 0.306 e. The van der Waals surface area contributed by atoms with Gasteiger partial charge in [-0.1, -0.05) is 217 Å². The zero-order valence-corrected chi connectivity index (χ0v) is 39.7. The van der Waals surface area contributed by atoms with Gasteiger partial charge in [-0.25, -0.2) is 0 Å². The minimum atomic E-state index is -0.776. The van der Waals surface area contributed by atoms with Crippen LogP contribution in [0, 0.1) is 0 Å². The molecule has 0 bridgehead atoms. The predicted molar refractivity (Wildman–Crippen MR) is 256 cm³/mol. The molecular weight excluding hydrogens is 745 g/mol. The van der Waals surface area contributed by atoms with E-state index >= 15 is 0 Å². The van der Waals surface area contributed by atoms with E-state index in [4.69, 9.17) is 14.2 Å². The number of allylic oxidation sites excluding steroid dienone is 8. The number of carbonyl (C=O) groups is 3. The van der Waals surface area contributed by atoms with Crippen LogP contribution in [0.4, 0.5) is 0 Å². The Kier molecular flexibility index (Phi) is 46.9. The predicted octanol–water partition coefficient (Wildman–Crippen LogP) is 16.7. The fourth-order valence-corrected chi connectivity index (χ4v) is 7.22. The van der Waals surface area contributed by atoms with Crippen LogP contribution in [0.3, 0.4) is 0 Å². The zero-order valence-electron chi connectivity index (χ0n) is 39.7. The van der Waals surface area contributed by atoms with Crippen molar-refractivity contribution in [3.63, 3.8) is 0 Å². The fraction of sp³-hybridized carbons (Fsp3) is 0.796. The third kappa shape index (κ3) is 46.4. The van der Waals surface area contributed by atoms with Crippen molar-refractivity contribution in [2.75, 3.05) is 13.2 Å². The van der Waals surface area contributed by atoms with Crippen molar-refractivity contribution in [1.29, 1.82) is 0 Å². The minimum Gasteiger partial charge on any atom is -0.462 e. The van der Waals surface area contributed by atoms with Crippen molar-refractivity contribution in [1.82, 2.24) is 0 Å². The molecule has 1 atom stereocenters. The first-order chi connectivity index (χ1) is 29.5. The van der Waals surface area contributed by atoms with Crippen LogP contribution < -0.4 is 0 Å². The third-order valence-electron chi connectivity index (χ3n) is 11.0. The molecule has 0 aromatic heterocycles. The summed E-state index contributed by atoms with van der Waals surface area (Å²) in [4.78, 5) is 37.9. The highest BCUT2D eigenvalue weighted by molar-refractivity contribution is 5.71. The van der Waals surface area contributed by atoms with Crippen molar-refractivity contribution in [2.24, 2.45) is 0 Å². The first-order valence-corrected chi connectivity index (χ1v) is 25.6. The summed E-state index contributed by atoms with van der Waals surface area (Å²) >= 11 is 0. The smallest absolute Gasteiger partial charge is 0.306 e. The van der Waals surface area contributed by atoms with Gasteiger partial charge in [0.1, 0.15) is 13.2 Å². The third-order valence-corrected chi connectivity index (χ3v) is 11.0. The van der Waals surface area contributed by atoms with E-state index in [1.165, 1.54) is 122 Å². The van der Waals surface area contributed by atoms with E-state index in [0.717, 1.165) is 96.3 Å². The van der Waals surface area contributed by atoms with Crippen LogP contribution >= 0.6 is 0 Å². The molecule has 60 heavy (non-hydrogen) atoms. The molecule has 0 amide bonds. The quantitative estimate of drug-likeness (QED) is 0.0263. The Bertz CT molecular complexity index is 1060. The van der Waals surface area contributed by atoms with E-state index < -0.39 is 6.10 Å². The van der Waals surface area contributed by atoms with Gasteiger partial charge in [0.05, 0.1) is 0 Å². The maximum absolute atomic E-state index is 12.8. The molecule has 0 aromatic carbocycles. The maximum atomic E-state index is 12.8. The molecule has 6 heteroatoms. The average molecular weight is 841 g/mol. The van der Waals surface area contributed by atoms with Crippen LogP contribution in [0.25, 0.3) is 0 Å². The standard InChI is InChI=1S/C54H96O6/c1-4-7-10-13-16-19-22-24-26-27-29-30-32-35-38-41-44-47-53(56)59-50-51(49-58-52(55)46-43-40-37-34-21-18-15-12-9-6-3)60-54(57)48-45-42-39-36-33-31-28-25-23-20-17-14-11-8-5-2/h7,10,12,15-16,19,24,26,51H,4-6,8-9,11,13-14,17-18,20-23,25,27-50H2,1-3H3/b10-7-,15-12-,19-16-,26-24-. The van der Waals surface area contributed by atoms with Crippen LogP contribution in [0.15, 0.2) is 48.6 Å². The molecule has 0 aliphatic rings. The minimum absolute atomic E-state index is 0.0788. The second-order valence-electron chi connectivity index (χ2n) is 17.1. The Labute approximate surface area is 371 Å². The molecule has 0 radical (unpaired) electrons. The second kappa shape index (κ2) is 49.0. The number of carbonyl (C=O) groups excluding carboxylic acids is 3. The highest BCUT2D eigenvalue weighted by atomic mass is 16.6. The number of esters is 3. The monoisotopic (exact) mass is 841 g/mol. The van der Waals surface area contributed by atoms with Crippen LogP contribution in [-0.4, -0.2) is 37.2 Å². The summed E-state index contributed by atoms with van der Waals surface area (Å²) < 4.78 is 16.8. The Hall–Kier alpha value is -2.63. The van der Waals surface area contributed by atoms with Gasteiger partial charge in [0.2, 0.25) is 0 Å². The SMILES string of the molecule is CC/C=C\C/C=C\C/C=C\CCCCCCCCCC(=O)OCC(COC(=O)CCCCCCC/C=C\CCC)OC(=O)CCCCCCCCCCCCCCCCC. The van der Waals surface area contributed by atoms with E-state index in [0.29, 0.717) is 19.3 Å². The average Bonchev–Trinajstić information content (AvgIpc) is 3.24. The Morgan fingerprint density at radius 1 is 0.350 bits per heavy atom. The van der Waals surface area contributed by atoms with Gasteiger partial charge in [0, 0.05) is 19.3 Å². The normalized spacial score (nSPS) is 12.4. The molecule has 0 aliphatic carbocycles. The van der Waals surface area contributed by atoms with Crippen molar-refractivity contribution < 1.29 is 28.6 Å². The highest BCUT2D eigenvalue weighted by Gasteiger charge is 2.19. The van der Waals surface area contributed by atoms with Gasteiger partial charge < -0.3 is 14.2 Å². The summed E-state index contributed by atoms with van der Waals surface area (Å²) in [6.45, 7) is 6.47. The molecular formula is C54H96O6. The molecule has 0 saturated carbocycles. The van der Waals surface area contributed by atoms with Crippen molar-refractivity contribution in [2.45, 2.75) is 264 Å². The summed E-state index contributed by atoms with van der Waals surface area (Å²) in [5.41, 5.74) is 0. The van der Waals surface area contributed by atoms with Crippen LogP contribution in [-0.2, 0) is 28.6 Å². The Balaban J connectivity index is 4.34. The lowest BCUT2D eigenvalue weighted by atomic mass is 10.0. The van der Waals surface area contributed by atoms with Crippen LogP contribution in [0.1, 0.15) is 258 Å². The summed E-state index contributed by atoms with van der Waals surface area (Å²) in [6, 6.07) is 0. The highest BCUT2D eigenvalue weighted by Crippen LogP contribution is 2.15. The molecule has 6 nitrogen and oxygen atoms in total. The van der Waals surface area contributed by atoms with Crippen LogP contribution in [0.2, 0.25) is 0 Å². The fourth-order valence-electron chi connectivity index (χ4n) is 7.22. The van der Waals surface area contributed by atoms with Crippen molar-refractivity contribution >= 4 is 17.9 Å². The largest absolute Gasteiger partial charge is 0.462 e. The summed E-state index contributed by atoms with van der Waals surface area (Å²) in [6.07, 6.45) is 58.1. The van der Waals surface area contributed by atoms with Crippen molar-refractivity contribution in [3.05, 3.63) is 48.6 Å². The summed E-state index contributed by atoms with van der Waals surface area (Å²) in [7, 11) is 0. The van der Waals surface area contributed by atoms with E-state index in [2.05, 4.69) is 69.4 Å². The lowest BCUT2D eigenvalue weighted by molar-refractivity contribution is -0.167. The van der Waals surface area contributed by atoms with Crippen molar-refractivity contribution in [3.8, 4) is 0 Å². The molecule has 0 N–H and O–H groups in total. The van der Waals surface area contributed by atoms with Gasteiger partial charge in [0.25, 0.3) is 0 Å². The molecule has 348 valence electrons. The summed E-state index contributed by atoms with van der Waals surface area (Å²) in [5, 5.41) is 0. The Morgan fingerprint density at radius 2 is 0.683 bits per heavy atom. The topological polar surface area (TPSA) is 78.9 Å². The lowest BCUT2D eigenvalue weighted by Crippen LogP contribution is -2.30. The number of ether oxygens (including phenoxy) is 3. The van der Waals surface area contributed by atoms with Gasteiger partial charge in [-0.3, -0.25) is 14.4 Å². The zero-order chi connectivity index (χ0) is 43.7. The van der Waals surface area contributed by atoms with Gasteiger partial charge in [0.15, 0.2) is 6.10 Å². The molecule has 1 unspecified atom stereocenters. The number of rotatable bonds is 46. The first-order valence-electron chi connectivity index (χ1n) is 25.6. The molecule has 0 spiro atoms. The van der Waals surface area contributed by atoms with E-state index in [1.807, 2.05) is 0 Å². The van der Waals surface area contributed by atoms with Gasteiger partial charge in [-0.05, 0) is 70.6 Å². The number of hydrogen-bond acceptors (Lipinski definition) is 6. The number of unbranched alkanes of at least 4 members (excludes halogenated alkanes) is 27. The molecule has 0 saturated heterocycles. The van der Waals surface area contributed by atoms with E-state index in [9.17, 15) is 14.4 Å². The van der Waals surface area contributed by atoms with Gasteiger partial charge in [-0.15, -0.1) is 0 Å². The van der Waals surface area contributed by atoms with Gasteiger partial charge >= 0.3 is 17.9 Å². The molecule has 0 heterocycles. The number of hydrogen-bond donors (Lipinski definition) is 0. The molecule has 0 fully saturated rings. The summed E-state index contributed by atoms with van der Waals surface area (Å²) in [5.74, 6) is -0.891. The van der Waals surface area contributed by atoms with E-state index in [-0.39, 0.29) is 31.1 Å². The molecule has 0 rings (SSSR count). The lowest BCUT2D eigenvalue weighted by Gasteiger charge is -2.18. The molecule has 0 aromatic rings. The van der Waals surface area contributed by atoms with Gasteiger partial charge in [-0.2, -0.15) is 0 Å².